The summed E-state index contributed by atoms with van der Waals surface area (Å²) in [5.41, 5.74) is 5.07. The SMILES string of the molecule is Cc1cccc(N2CCN(C(=O)C3CCN(c4cnc5nccnc5c4)CC3)CC2)c1. The van der Waals surface area contributed by atoms with Crippen molar-refractivity contribution in [2.45, 2.75) is 19.8 Å². The first-order valence-electron chi connectivity index (χ1n) is 11.1. The van der Waals surface area contributed by atoms with Crippen molar-refractivity contribution in [3.05, 3.63) is 54.5 Å². The first kappa shape index (κ1) is 19.7. The molecule has 7 heteroatoms. The van der Waals surface area contributed by atoms with Crippen LogP contribution in [0.4, 0.5) is 11.4 Å². The van der Waals surface area contributed by atoms with Crippen LogP contribution in [0.2, 0.25) is 0 Å². The van der Waals surface area contributed by atoms with Crippen LogP contribution in [-0.4, -0.2) is 65.0 Å². The quantitative estimate of drug-likeness (QED) is 0.654. The van der Waals surface area contributed by atoms with Crippen molar-refractivity contribution < 1.29 is 4.79 Å². The number of aryl methyl sites for hydroxylation is 1. The summed E-state index contributed by atoms with van der Waals surface area (Å²) in [6.07, 6.45) is 6.98. The summed E-state index contributed by atoms with van der Waals surface area (Å²) in [4.78, 5) is 32.9. The van der Waals surface area contributed by atoms with Crippen molar-refractivity contribution in [3.8, 4) is 0 Å². The van der Waals surface area contributed by atoms with E-state index in [2.05, 4.69) is 60.8 Å². The van der Waals surface area contributed by atoms with E-state index < -0.39 is 0 Å². The molecule has 2 fully saturated rings. The van der Waals surface area contributed by atoms with Gasteiger partial charge in [0.05, 0.1) is 11.9 Å². The number of rotatable bonds is 3. The molecular weight excluding hydrogens is 388 g/mol. The lowest BCUT2D eigenvalue weighted by atomic mass is 9.94. The van der Waals surface area contributed by atoms with Crippen molar-refractivity contribution >= 4 is 28.4 Å². The molecule has 5 rings (SSSR count). The number of carbonyl (C=O) groups excluding carboxylic acids is 1. The van der Waals surface area contributed by atoms with Gasteiger partial charge in [-0.1, -0.05) is 12.1 Å². The van der Waals surface area contributed by atoms with Gasteiger partial charge in [0.1, 0.15) is 5.52 Å². The van der Waals surface area contributed by atoms with E-state index in [1.807, 2.05) is 12.3 Å². The smallest absolute Gasteiger partial charge is 0.225 e. The zero-order valence-corrected chi connectivity index (χ0v) is 17.9. The number of hydrogen-bond donors (Lipinski definition) is 0. The van der Waals surface area contributed by atoms with Gasteiger partial charge in [0.25, 0.3) is 0 Å². The van der Waals surface area contributed by atoms with Gasteiger partial charge in [0.15, 0.2) is 5.65 Å². The summed E-state index contributed by atoms with van der Waals surface area (Å²) < 4.78 is 0. The molecule has 0 N–H and O–H groups in total. The maximum Gasteiger partial charge on any atom is 0.225 e. The Bertz CT molecular complexity index is 1070. The van der Waals surface area contributed by atoms with E-state index in [0.717, 1.165) is 63.3 Å². The molecule has 0 bridgehead atoms. The van der Waals surface area contributed by atoms with Crippen LogP contribution in [0.5, 0.6) is 0 Å². The minimum Gasteiger partial charge on any atom is -0.370 e. The summed E-state index contributed by atoms with van der Waals surface area (Å²) in [6.45, 7) is 7.27. The summed E-state index contributed by atoms with van der Waals surface area (Å²) in [5.74, 6) is 0.445. The Hall–Kier alpha value is -3.22. The summed E-state index contributed by atoms with van der Waals surface area (Å²) >= 11 is 0. The van der Waals surface area contributed by atoms with Crippen LogP contribution in [0.25, 0.3) is 11.2 Å². The standard InChI is InChI=1S/C24H28N6O/c1-18-3-2-4-20(15-18)29-11-13-30(14-12-29)24(31)19-5-9-28(10-6-19)21-16-22-23(27-17-21)26-8-7-25-22/h2-4,7-8,15-17,19H,5-6,9-14H2,1H3. The number of hydrogen-bond acceptors (Lipinski definition) is 6. The molecule has 31 heavy (non-hydrogen) atoms. The van der Waals surface area contributed by atoms with E-state index in [0.29, 0.717) is 11.6 Å². The average molecular weight is 417 g/mol. The highest BCUT2D eigenvalue weighted by molar-refractivity contribution is 5.80. The third-order valence-electron chi connectivity index (χ3n) is 6.48. The Labute approximate surface area is 182 Å². The molecule has 1 aromatic carbocycles. The minimum atomic E-state index is 0.120. The van der Waals surface area contributed by atoms with E-state index in [1.165, 1.54) is 11.3 Å². The van der Waals surface area contributed by atoms with Crippen LogP contribution >= 0.6 is 0 Å². The molecule has 0 saturated carbocycles. The fourth-order valence-electron chi connectivity index (χ4n) is 4.67. The van der Waals surface area contributed by atoms with E-state index in [1.54, 1.807) is 12.4 Å². The molecular formula is C24H28N6O. The maximum atomic E-state index is 13.1. The van der Waals surface area contributed by atoms with Gasteiger partial charge in [-0.05, 0) is 43.5 Å². The highest BCUT2D eigenvalue weighted by atomic mass is 16.2. The molecule has 2 aliphatic rings. The molecule has 0 atom stereocenters. The zero-order valence-electron chi connectivity index (χ0n) is 17.9. The fourth-order valence-corrected chi connectivity index (χ4v) is 4.67. The zero-order chi connectivity index (χ0) is 21.2. The largest absolute Gasteiger partial charge is 0.370 e. The number of pyridine rings is 1. The second-order valence-corrected chi connectivity index (χ2v) is 8.51. The topological polar surface area (TPSA) is 65.5 Å². The van der Waals surface area contributed by atoms with Crippen LogP contribution in [0.3, 0.4) is 0 Å². The van der Waals surface area contributed by atoms with Crippen molar-refractivity contribution in [3.63, 3.8) is 0 Å². The molecule has 4 heterocycles. The van der Waals surface area contributed by atoms with E-state index in [9.17, 15) is 4.79 Å². The molecule has 0 radical (unpaired) electrons. The molecule has 0 spiro atoms. The number of benzene rings is 1. The van der Waals surface area contributed by atoms with Crippen molar-refractivity contribution in [2.75, 3.05) is 49.1 Å². The molecule has 0 aliphatic carbocycles. The van der Waals surface area contributed by atoms with Gasteiger partial charge in [-0.2, -0.15) is 0 Å². The second-order valence-electron chi connectivity index (χ2n) is 8.51. The maximum absolute atomic E-state index is 13.1. The second kappa shape index (κ2) is 8.49. The normalized spacial score (nSPS) is 17.9. The molecule has 7 nitrogen and oxygen atoms in total. The highest BCUT2D eigenvalue weighted by Gasteiger charge is 2.30. The van der Waals surface area contributed by atoms with Crippen molar-refractivity contribution in [1.82, 2.24) is 19.9 Å². The number of piperidine rings is 1. The van der Waals surface area contributed by atoms with Crippen LogP contribution < -0.4 is 9.80 Å². The van der Waals surface area contributed by atoms with Gasteiger partial charge < -0.3 is 14.7 Å². The van der Waals surface area contributed by atoms with Gasteiger partial charge in [0, 0.05) is 63.3 Å². The lowest BCUT2D eigenvalue weighted by Crippen LogP contribution is -2.51. The van der Waals surface area contributed by atoms with Crippen LogP contribution in [0.15, 0.2) is 48.9 Å². The molecule has 160 valence electrons. The fraction of sp³-hybridized carbons (Fsp3) is 0.417. The Balaban J connectivity index is 1.16. The van der Waals surface area contributed by atoms with Crippen molar-refractivity contribution in [2.24, 2.45) is 5.92 Å². The number of nitrogens with zero attached hydrogens (tertiary/aromatic N) is 6. The first-order valence-corrected chi connectivity index (χ1v) is 11.1. The number of anilines is 2. The van der Waals surface area contributed by atoms with Crippen LogP contribution in [0.1, 0.15) is 18.4 Å². The number of piperazine rings is 1. The first-order chi connectivity index (χ1) is 15.2. The van der Waals surface area contributed by atoms with E-state index >= 15 is 0 Å². The predicted octanol–water partition coefficient (Wildman–Crippen LogP) is 2.90. The van der Waals surface area contributed by atoms with Gasteiger partial charge in [-0.3, -0.25) is 9.78 Å². The van der Waals surface area contributed by atoms with E-state index in [-0.39, 0.29) is 5.92 Å². The number of carbonyl (C=O) groups is 1. The summed E-state index contributed by atoms with van der Waals surface area (Å²) in [6, 6.07) is 10.7. The third-order valence-corrected chi connectivity index (χ3v) is 6.48. The predicted molar refractivity (Wildman–Crippen MR) is 122 cm³/mol. The van der Waals surface area contributed by atoms with Gasteiger partial charge in [0.2, 0.25) is 5.91 Å². The third kappa shape index (κ3) is 4.17. The Morgan fingerprint density at radius 1 is 0.871 bits per heavy atom. The lowest BCUT2D eigenvalue weighted by Gasteiger charge is -2.39. The van der Waals surface area contributed by atoms with Crippen LogP contribution in [-0.2, 0) is 4.79 Å². The molecule has 1 amide bonds. The molecule has 3 aromatic rings. The number of fused-ring (bicyclic) bond motifs is 1. The summed E-state index contributed by atoms with van der Waals surface area (Å²) in [7, 11) is 0. The van der Waals surface area contributed by atoms with Crippen molar-refractivity contribution in [1.29, 1.82) is 0 Å². The molecule has 2 aromatic heterocycles. The minimum absolute atomic E-state index is 0.120. The van der Waals surface area contributed by atoms with Gasteiger partial charge in [-0.25, -0.2) is 9.97 Å². The van der Waals surface area contributed by atoms with Gasteiger partial charge in [-0.15, -0.1) is 0 Å². The molecule has 2 saturated heterocycles. The van der Waals surface area contributed by atoms with E-state index in [4.69, 9.17) is 0 Å². The Morgan fingerprint density at radius 2 is 1.61 bits per heavy atom. The molecule has 0 unspecified atom stereocenters. The van der Waals surface area contributed by atoms with Crippen LogP contribution in [0, 0.1) is 12.8 Å². The molecule has 2 aliphatic heterocycles. The number of amides is 1. The summed E-state index contributed by atoms with van der Waals surface area (Å²) in [5, 5.41) is 0. The average Bonchev–Trinajstić information content (AvgIpc) is 2.83. The number of aromatic nitrogens is 3. The highest BCUT2D eigenvalue weighted by Crippen LogP contribution is 2.26. The lowest BCUT2D eigenvalue weighted by molar-refractivity contribution is -0.136. The Kier molecular flexibility index (Phi) is 5.40. The monoisotopic (exact) mass is 416 g/mol. The Morgan fingerprint density at radius 3 is 2.39 bits per heavy atom. The van der Waals surface area contributed by atoms with Gasteiger partial charge >= 0.3 is 0 Å².